The van der Waals surface area contributed by atoms with Crippen molar-refractivity contribution in [3.8, 4) is 11.5 Å². The van der Waals surface area contributed by atoms with Crippen LogP contribution >= 0.6 is 11.6 Å². The Morgan fingerprint density at radius 3 is 2.51 bits per heavy atom. The molecule has 0 saturated carbocycles. The highest BCUT2D eigenvalue weighted by atomic mass is 35.5. The van der Waals surface area contributed by atoms with Crippen molar-refractivity contribution in [1.29, 1.82) is 0 Å². The standard InChI is InChI=1S/C24H22ClF3N4O3/c1-3-34-20-11-16(12-30-32-21-9-6-17(13-29-21)24(26,27)28)10-19(25)23(20)35-14-22(33)31-18-7-4-15(2)5-8-18/h4-13H,3,14H2,1-2H3,(H,29,32)(H,31,33)/b30-12-. The molecule has 0 bridgehead atoms. The topological polar surface area (TPSA) is 84.8 Å². The van der Waals surface area contributed by atoms with Crippen molar-refractivity contribution < 1.29 is 27.4 Å². The number of hydrazone groups is 1. The fourth-order valence-electron chi connectivity index (χ4n) is 2.84. The number of amides is 1. The molecule has 0 aliphatic carbocycles. The first kappa shape index (κ1) is 25.8. The Bertz CT molecular complexity index is 1180. The second-order valence-corrected chi connectivity index (χ2v) is 7.67. The van der Waals surface area contributed by atoms with Crippen LogP contribution in [0.15, 0.2) is 59.8 Å². The summed E-state index contributed by atoms with van der Waals surface area (Å²) in [6.07, 6.45) is -2.36. The van der Waals surface area contributed by atoms with Crippen molar-refractivity contribution in [3.05, 3.63) is 76.4 Å². The maximum atomic E-state index is 12.6. The van der Waals surface area contributed by atoms with E-state index in [0.29, 0.717) is 29.8 Å². The molecule has 0 radical (unpaired) electrons. The quantitative estimate of drug-likeness (QED) is 0.278. The van der Waals surface area contributed by atoms with Gasteiger partial charge in [-0.2, -0.15) is 18.3 Å². The zero-order chi connectivity index (χ0) is 25.4. The van der Waals surface area contributed by atoms with E-state index in [-0.39, 0.29) is 29.1 Å². The molecule has 3 rings (SSSR count). The fourth-order valence-corrected chi connectivity index (χ4v) is 3.11. The smallest absolute Gasteiger partial charge is 0.417 e. The van der Waals surface area contributed by atoms with Gasteiger partial charge in [-0.25, -0.2) is 4.98 Å². The van der Waals surface area contributed by atoms with E-state index >= 15 is 0 Å². The first-order valence-electron chi connectivity index (χ1n) is 10.4. The highest BCUT2D eigenvalue weighted by molar-refractivity contribution is 6.32. The molecular formula is C24H22ClF3N4O3. The number of halogens is 4. The lowest BCUT2D eigenvalue weighted by Gasteiger charge is -2.14. The summed E-state index contributed by atoms with van der Waals surface area (Å²) in [6, 6.07) is 12.5. The van der Waals surface area contributed by atoms with Gasteiger partial charge in [0.25, 0.3) is 5.91 Å². The molecule has 0 aliphatic heterocycles. The molecule has 1 amide bonds. The Balaban J connectivity index is 1.65. The number of benzene rings is 2. The van der Waals surface area contributed by atoms with E-state index < -0.39 is 11.7 Å². The summed E-state index contributed by atoms with van der Waals surface area (Å²) in [5.74, 6) is 0.260. The number of alkyl halides is 3. The molecule has 11 heteroatoms. The average Bonchev–Trinajstić information content (AvgIpc) is 2.80. The molecule has 0 fully saturated rings. The molecule has 1 aromatic heterocycles. The molecule has 0 atom stereocenters. The number of nitrogens with zero attached hydrogens (tertiary/aromatic N) is 2. The Kier molecular flexibility index (Phi) is 8.53. The van der Waals surface area contributed by atoms with E-state index in [1.54, 1.807) is 31.2 Å². The van der Waals surface area contributed by atoms with Crippen LogP contribution in [0.25, 0.3) is 0 Å². The summed E-state index contributed by atoms with van der Waals surface area (Å²) in [6.45, 7) is 3.75. The van der Waals surface area contributed by atoms with Gasteiger partial charge in [0.2, 0.25) is 0 Å². The predicted molar refractivity (Wildman–Crippen MR) is 128 cm³/mol. The zero-order valence-electron chi connectivity index (χ0n) is 18.8. The number of nitrogens with one attached hydrogen (secondary N) is 2. The molecule has 2 aromatic carbocycles. The van der Waals surface area contributed by atoms with Crippen molar-refractivity contribution >= 4 is 35.2 Å². The minimum Gasteiger partial charge on any atom is -0.490 e. The summed E-state index contributed by atoms with van der Waals surface area (Å²) in [5.41, 5.74) is 3.92. The summed E-state index contributed by atoms with van der Waals surface area (Å²) in [5, 5.41) is 6.88. The maximum Gasteiger partial charge on any atom is 0.417 e. The molecule has 1 heterocycles. The minimum absolute atomic E-state index is 0.130. The number of rotatable bonds is 9. The number of ether oxygens (including phenoxy) is 2. The van der Waals surface area contributed by atoms with Crippen LogP contribution in [-0.2, 0) is 11.0 Å². The van der Waals surface area contributed by atoms with E-state index in [0.717, 1.165) is 17.7 Å². The third-order valence-electron chi connectivity index (χ3n) is 4.50. The number of hydrogen-bond donors (Lipinski definition) is 2. The summed E-state index contributed by atoms with van der Waals surface area (Å²) >= 11 is 6.35. The van der Waals surface area contributed by atoms with Gasteiger partial charge in [-0.3, -0.25) is 10.2 Å². The molecule has 3 aromatic rings. The number of aryl methyl sites for hydroxylation is 1. The van der Waals surface area contributed by atoms with Crippen molar-refractivity contribution in [3.63, 3.8) is 0 Å². The van der Waals surface area contributed by atoms with Crippen LogP contribution in [0.4, 0.5) is 24.7 Å². The summed E-state index contributed by atoms with van der Waals surface area (Å²) < 4.78 is 49.1. The number of carbonyl (C=O) groups excluding carboxylic acids is 1. The second kappa shape index (κ2) is 11.6. The average molecular weight is 507 g/mol. The Labute approximate surface area is 204 Å². The molecule has 0 aliphatic rings. The van der Waals surface area contributed by atoms with Crippen molar-refractivity contribution in [2.24, 2.45) is 5.10 Å². The molecular weight excluding hydrogens is 485 g/mol. The number of pyridine rings is 1. The van der Waals surface area contributed by atoms with Crippen LogP contribution in [0.3, 0.4) is 0 Å². The minimum atomic E-state index is -4.47. The highest BCUT2D eigenvalue weighted by Crippen LogP contribution is 2.36. The van der Waals surface area contributed by atoms with Gasteiger partial charge in [-0.1, -0.05) is 29.3 Å². The fraction of sp³-hybridized carbons (Fsp3) is 0.208. The van der Waals surface area contributed by atoms with Crippen LogP contribution in [0.5, 0.6) is 11.5 Å². The van der Waals surface area contributed by atoms with Gasteiger partial charge in [0.05, 0.1) is 23.4 Å². The van der Waals surface area contributed by atoms with E-state index in [9.17, 15) is 18.0 Å². The Morgan fingerprint density at radius 2 is 1.89 bits per heavy atom. The lowest BCUT2D eigenvalue weighted by Crippen LogP contribution is -2.20. The number of hydrogen-bond acceptors (Lipinski definition) is 6. The Morgan fingerprint density at radius 1 is 1.14 bits per heavy atom. The zero-order valence-corrected chi connectivity index (χ0v) is 19.6. The lowest BCUT2D eigenvalue weighted by molar-refractivity contribution is -0.137. The number of aromatic nitrogens is 1. The monoisotopic (exact) mass is 506 g/mol. The van der Waals surface area contributed by atoms with Crippen LogP contribution in [0.2, 0.25) is 5.02 Å². The van der Waals surface area contributed by atoms with Gasteiger partial charge in [0, 0.05) is 11.9 Å². The van der Waals surface area contributed by atoms with Crippen molar-refractivity contribution in [2.45, 2.75) is 20.0 Å². The van der Waals surface area contributed by atoms with E-state index in [1.165, 1.54) is 6.21 Å². The van der Waals surface area contributed by atoms with Gasteiger partial charge in [0.1, 0.15) is 5.82 Å². The van der Waals surface area contributed by atoms with Gasteiger partial charge >= 0.3 is 6.18 Å². The van der Waals surface area contributed by atoms with Crippen LogP contribution in [-0.4, -0.2) is 30.3 Å². The van der Waals surface area contributed by atoms with E-state index in [2.05, 4.69) is 20.8 Å². The SMILES string of the molecule is CCOc1cc(/C=N\Nc2ccc(C(F)(F)F)cn2)cc(Cl)c1OCC(=O)Nc1ccc(C)cc1. The third kappa shape index (κ3) is 7.61. The van der Waals surface area contributed by atoms with E-state index in [1.807, 2.05) is 19.1 Å². The normalized spacial score (nSPS) is 11.4. The van der Waals surface area contributed by atoms with Gasteiger partial charge < -0.3 is 14.8 Å². The van der Waals surface area contributed by atoms with Crippen LogP contribution < -0.4 is 20.2 Å². The van der Waals surface area contributed by atoms with Crippen LogP contribution in [0, 0.1) is 6.92 Å². The van der Waals surface area contributed by atoms with Crippen molar-refractivity contribution in [2.75, 3.05) is 24.0 Å². The van der Waals surface area contributed by atoms with Crippen LogP contribution in [0.1, 0.15) is 23.6 Å². The highest BCUT2D eigenvalue weighted by Gasteiger charge is 2.30. The molecule has 35 heavy (non-hydrogen) atoms. The molecule has 0 spiro atoms. The molecule has 0 saturated heterocycles. The maximum absolute atomic E-state index is 12.6. The largest absolute Gasteiger partial charge is 0.490 e. The van der Waals surface area contributed by atoms with Crippen molar-refractivity contribution in [1.82, 2.24) is 4.98 Å². The summed E-state index contributed by atoms with van der Waals surface area (Å²) in [4.78, 5) is 15.9. The Hall–Kier alpha value is -3.79. The molecule has 2 N–H and O–H groups in total. The van der Waals surface area contributed by atoms with Gasteiger partial charge in [-0.15, -0.1) is 0 Å². The van der Waals surface area contributed by atoms with Gasteiger partial charge in [0.15, 0.2) is 18.1 Å². The second-order valence-electron chi connectivity index (χ2n) is 7.27. The first-order chi connectivity index (χ1) is 16.7. The van der Waals surface area contributed by atoms with E-state index in [4.69, 9.17) is 21.1 Å². The molecule has 0 unspecified atom stereocenters. The first-order valence-corrected chi connectivity index (χ1v) is 10.8. The predicted octanol–water partition coefficient (Wildman–Crippen LogP) is 5.92. The summed E-state index contributed by atoms with van der Waals surface area (Å²) in [7, 11) is 0. The lowest BCUT2D eigenvalue weighted by atomic mass is 10.2. The third-order valence-corrected chi connectivity index (χ3v) is 4.78. The number of anilines is 2. The molecule has 7 nitrogen and oxygen atoms in total. The molecule has 184 valence electrons. The number of carbonyl (C=O) groups is 1. The van der Waals surface area contributed by atoms with Gasteiger partial charge in [-0.05, 0) is 55.8 Å².